The van der Waals surface area contributed by atoms with Gasteiger partial charge in [0.25, 0.3) is 0 Å². The SMILES string of the molecule is [NH]C(O)CC1CCCCC1. The van der Waals surface area contributed by atoms with Gasteiger partial charge in [0.1, 0.15) is 6.23 Å². The average Bonchev–Trinajstić information content (AvgIpc) is 1.88. The van der Waals surface area contributed by atoms with Gasteiger partial charge in [0, 0.05) is 0 Å². The normalized spacial score (nSPS) is 24.6. The molecule has 1 unspecified atom stereocenters. The molecule has 2 nitrogen and oxygen atoms in total. The fourth-order valence-electron chi connectivity index (χ4n) is 1.74. The van der Waals surface area contributed by atoms with Crippen LogP contribution in [-0.2, 0) is 0 Å². The Bertz CT molecular complexity index is 87.3. The van der Waals surface area contributed by atoms with Gasteiger partial charge in [-0.05, 0) is 12.3 Å². The van der Waals surface area contributed by atoms with Crippen LogP contribution in [0.3, 0.4) is 0 Å². The molecule has 59 valence electrons. The molecule has 2 N–H and O–H groups in total. The third-order valence-electron chi connectivity index (χ3n) is 2.28. The van der Waals surface area contributed by atoms with Crippen LogP contribution < -0.4 is 5.73 Å². The highest BCUT2D eigenvalue weighted by Gasteiger charge is 2.15. The molecule has 0 amide bonds. The van der Waals surface area contributed by atoms with Gasteiger partial charge in [-0.3, -0.25) is 0 Å². The summed E-state index contributed by atoms with van der Waals surface area (Å²) in [7, 11) is 0. The molecule has 1 saturated carbocycles. The van der Waals surface area contributed by atoms with Gasteiger partial charge in [-0.25, -0.2) is 5.73 Å². The van der Waals surface area contributed by atoms with Crippen molar-refractivity contribution >= 4 is 0 Å². The average molecular weight is 142 g/mol. The summed E-state index contributed by atoms with van der Waals surface area (Å²) in [5.74, 6) is 0.640. The lowest BCUT2D eigenvalue weighted by Gasteiger charge is -2.21. The molecule has 0 heterocycles. The minimum Gasteiger partial charge on any atom is -0.377 e. The number of aliphatic hydroxyl groups is 1. The number of rotatable bonds is 2. The highest BCUT2D eigenvalue weighted by molar-refractivity contribution is 4.66. The van der Waals surface area contributed by atoms with Gasteiger partial charge in [0.15, 0.2) is 0 Å². The summed E-state index contributed by atoms with van der Waals surface area (Å²) in [4.78, 5) is 0. The molecule has 0 spiro atoms. The van der Waals surface area contributed by atoms with E-state index in [4.69, 9.17) is 10.8 Å². The zero-order chi connectivity index (χ0) is 7.40. The summed E-state index contributed by atoms with van der Waals surface area (Å²) in [6, 6.07) is 0. The fourth-order valence-corrected chi connectivity index (χ4v) is 1.74. The predicted molar refractivity (Wildman–Crippen MR) is 40.3 cm³/mol. The Morgan fingerprint density at radius 1 is 1.30 bits per heavy atom. The maximum Gasteiger partial charge on any atom is 0.117 e. The summed E-state index contributed by atoms with van der Waals surface area (Å²) in [6.45, 7) is 0. The first-order chi connectivity index (χ1) is 4.79. The zero-order valence-electron chi connectivity index (χ0n) is 6.34. The first-order valence-electron chi connectivity index (χ1n) is 4.18. The molecule has 1 aliphatic rings. The fraction of sp³-hybridized carbons (Fsp3) is 1.00. The second-order valence-electron chi connectivity index (χ2n) is 3.26. The van der Waals surface area contributed by atoms with Crippen LogP contribution in [-0.4, -0.2) is 11.3 Å². The van der Waals surface area contributed by atoms with Crippen LogP contribution in [0.5, 0.6) is 0 Å². The molecular weight excluding hydrogens is 126 g/mol. The highest BCUT2D eigenvalue weighted by atomic mass is 16.3. The number of hydrogen-bond donors (Lipinski definition) is 1. The maximum absolute atomic E-state index is 8.77. The van der Waals surface area contributed by atoms with Gasteiger partial charge >= 0.3 is 0 Å². The van der Waals surface area contributed by atoms with Crippen molar-refractivity contribution in [3.63, 3.8) is 0 Å². The molecule has 1 atom stereocenters. The predicted octanol–water partition coefficient (Wildman–Crippen LogP) is 1.56. The lowest BCUT2D eigenvalue weighted by atomic mass is 9.87. The minimum atomic E-state index is -0.830. The van der Waals surface area contributed by atoms with Crippen molar-refractivity contribution in [1.82, 2.24) is 5.73 Å². The Kier molecular flexibility index (Phi) is 3.16. The Hall–Kier alpha value is -0.0800. The molecular formula is C8H16NO. The quantitative estimate of drug-likeness (QED) is 0.624. The molecule has 1 radical (unpaired) electrons. The summed E-state index contributed by atoms with van der Waals surface area (Å²) in [5.41, 5.74) is 6.97. The molecule has 2 heteroatoms. The van der Waals surface area contributed by atoms with Crippen LogP contribution in [0.2, 0.25) is 0 Å². The molecule has 1 fully saturated rings. The largest absolute Gasteiger partial charge is 0.377 e. The van der Waals surface area contributed by atoms with Crippen molar-refractivity contribution in [3.05, 3.63) is 0 Å². The number of aliphatic hydroxyl groups excluding tert-OH is 1. The molecule has 1 rings (SSSR count). The smallest absolute Gasteiger partial charge is 0.117 e. The summed E-state index contributed by atoms with van der Waals surface area (Å²) in [5, 5.41) is 8.77. The van der Waals surface area contributed by atoms with E-state index in [1.807, 2.05) is 0 Å². The van der Waals surface area contributed by atoms with Crippen molar-refractivity contribution in [2.75, 3.05) is 0 Å². The summed E-state index contributed by atoms with van der Waals surface area (Å²) in [6.07, 6.45) is 6.29. The topological polar surface area (TPSA) is 44.0 Å². The second-order valence-corrected chi connectivity index (χ2v) is 3.26. The van der Waals surface area contributed by atoms with Gasteiger partial charge in [-0.15, -0.1) is 0 Å². The van der Waals surface area contributed by atoms with Crippen LogP contribution in [0.15, 0.2) is 0 Å². The van der Waals surface area contributed by atoms with E-state index in [0.29, 0.717) is 12.3 Å². The van der Waals surface area contributed by atoms with Crippen LogP contribution in [0.1, 0.15) is 38.5 Å². The molecule has 10 heavy (non-hydrogen) atoms. The maximum atomic E-state index is 8.77. The monoisotopic (exact) mass is 142 g/mol. The van der Waals surface area contributed by atoms with Gasteiger partial charge in [0.2, 0.25) is 0 Å². The van der Waals surface area contributed by atoms with Crippen LogP contribution >= 0.6 is 0 Å². The number of hydrogen-bond acceptors (Lipinski definition) is 1. The third kappa shape index (κ3) is 2.67. The third-order valence-corrected chi connectivity index (χ3v) is 2.28. The van der Waals surface area contributed by atoms with Gasteiger partial charge in [-0.1, -0.05) is 32.1 Å². The molecule has 0 saturated heterocycles. The minimum absolute atomic E-state index is 0.640. The molecule has 0 bridgehead atoms. The summed E-state index contributed by atoms with van der Waals surface area (Å²) < 4.78 is 0. The van der Waals surface area contributed by atoms with E-state index in [-0.39, 0.29) is 0 Å². The van der Waals surface area contributed by atoms with E-state index in [9.17, 15) is 0 Å². The van der Waals surface area contributed by atoms with Crippen molar-refractivity contribution < 1.29 is 5.11 Å². The first kappa shape index (κ1) is 8.02. The molecule has 1 aliphatic carbocycles. The Morgan fingerprint density at radius 3 is 2.40 bits per heavy atom. The van der Waals surface area contributed by atoms with Crippen molar-refractivity contribution in [2.24, 2.45) is 5.92 Å². The van der Waals surface area contributed by atoms with Crippen molar-refractivity contribution in [1.29, 1.82) is 0 Å². The molecule has 0 aromatic rings. The van der Waals surface area contributed by atoms with Gasteiger partial charge < -0.3 is 5.11 Å². The van der Waals surface area contributed by atoms with Gasteiger partial charge in [0.05, 0.1) is 0 Å². The number of nitrogens with one attached hydrogen (secondary N) is 1. The van der Waals surface area contributed by atoms with E-state index in [0.717, 1.165) is 0 Å². The van der Waals surface area contributed by atoms with E-state index >= 15 is 0 Å². The lowest BCUT2D eigenvalue weighted by Crippen LogP contribution is -2.16. The van der Waals surface area contributed by atoms with Crippen LogP contribution in [0, 0.1) is 5.92 Å². The van der Waals surface area contributed by atoms with E-state index < -0.39 is 6.23 Å². The Morgan fingerprint density at radius 2 is 1.90 bits per heavy atom. The highest BCUT2D eigenvalue weighted by Crippen LogP contribution is 2.26. The Labute approximate surface area is 62.4 Å². The van der Waals surface area contributed by atoms with E-state index in [1.165, 1.54) is 32.1 Å². The molecule has 0 aliphatic heterocycles. The van der Waals surface area contributed by atoms with E-state index in [2.05, 4.69) is 0 Å². The first-order valence-corrected chi connectivity index (χ1v) is 4.18. The molecule has 0 aromatic heterocycles. The second kappa shape index (κ2) is 3.94. The zero-order valence-corrected chi connectivity index (χ0v) is 6.34. The lowest BCUT2D eigenvalue weighted by molar-refractivity contribution is 0.129. The van der Waals surface area contributed by atoms with E-state index in [1.54, 1.807) is 0 Å². The van der Waals surface area contributed by atoms with Crippen molar-refractivity contribution in [2.45, 2.75) is 44.8 Å². The van der Waals surface area contributed by atoms with Crippen molar-refractivity contribution in [3.8, 4) is 0 Å². The van der Waals surface area contributed by atoms with Crippen LogP contribution in [0.25, 0.3) is 0 Å². The van der Waals surface area contributed by atoms with Crippen LogP contribution in [0.4, 0.5) is 0 Å². The standard InChI is InChI=1S/C8H16NO/c9-8(10)6-7-4-2-1-3-5-7/h7-10H,1-6H2. The summed E-state index contributed by atoms with van der Waals surface area (Å²) >= 11 is 0. The molecule has 0 aromatic carbocycles. The van der Waals surface area contributed by atoms with Gasteiger partial charge in [-0.2, -0.15) is 0 Å². The Balaban J connectivity index is 2.13.